The Balaban J connectivity index is 2.29. The zero-order valence-electron chi connectivity index (χ0n) is 7.67. The third-order valence-electron chi connectivity index (χ3n) is 3.28. The predicted molar refractivity (Wildman–Crippen MR) is 46.7 cm³/mol. The summed E-state index contributed by atoms with van der Waals surface area (Å²) in [5.74, 6) is 0.677. The lowest BCUT2D eigenvalue weighted by molar-refractivity contribution is 0.163. The highest BCUT2D eigenvalue weighted by Gasteiger charge is 2.43. The molecule has 3 nitrogen and oxygen atoms in total. The second-order valence-electron chi connectivity index (χ2n) is 4.02. The second-order valence-corrected chi connectivity index (χ2v) is 4.02. The van der Waals surface area contributed by atoms with E-state index in [-0.39, 0.29) is 0 Å². The number of nitrogens with one attached hydrogen (secondary N) is 1. The van der Waals surface area contributed by atoms with Gasteiger partial charge < -0.3 is 0 Å². The van der Waals surface area contributed by atoms with Gasteiger partial charge in [0.2, 0.25) is 0 Å². The van der Waals surface area contributed by atoms with Gasteiger partial charge in [-0.25, -0.2) is 0 Å². The highest BCUT2D eigenvalue weighted by atomic mass is 15.3. The molecule has 1 saturated carbocycles. The lowest BCUT2D eigenvalue weighted by atomic mass is 9.60. The van der Waals surface area contributed by atoms with Crippen molar-refractivity contribution in [2.75, 3.05) is 0 Å². The number of hydrogen-bond acceptors (Lipinski definition) is 2. The van der Waals surface area contributed by atoms with Gasteiger partial charge in [-0.1, -0.05) is 25.5 Å². The second kappa shape index (κ2) is 2.57. The van der Waals surface area contributed by atoms with Gasteiger partial charge in [-0.15, -0.1) is 5.10 Å². The van der Waals surface area contributed by atoms with Gasteiger partial charge in [0.05, 0.1) is 5.69 Å². The van der Waals surface area contributed by atoms with Gasteiger partial charge in [0.15, 0.2) is 0 Å². The summed E-state index contributed by atoms with van der Waals surface area (Å²) in [5, 5.41) is 10.7. The van der Waals surface area contributed by atoms with Crippen LogP contribution in [0.25, 0.3) is 0 Å². The predicted octanol–water partition coefficient (Wildman–Crippen LogP) is 1.88. The van der Waals surface area contributed by atoms with Crippen molar-refractivity contribution in [3.63, 3.8) is 0 Å². The first-order valence-electron chi connectivity index (χ1n) is 4.63. The van der Waals surface area contributed by atoms with E-state index < -0.39 is 0 Å². The molecule has 1 N–H and O–H groups in total. The topological polar surface area (TPSA) is 41.6 Å². The lowest BCUT2D eigenvalue weighted by Gasteiger charge is -2.43. The zero-order valence-corrected chi connectivity index (χ0v) is 7.67. The average Bonchev–Trinajstić information content (AvgIpc) is 2.35. The van der Waals surface area contributed by atoms with Gasteiger partial charge in [-0.05, 0) is 18.8 Å². The fourth-order valence-corrected chi connectivity index (χ4v) is 2.13. The van der Waals surface area contributed by atoms with Gasteiger partial charge in [-0.2, -0.15) is 0 Å². The molecule has 1 aromatic heterocycles. The van der Waals surface area contributed by atoms with Crippen LogP contribution in [0.2, 0.25) is 0 Å². The van der Waals surface area contributed by atoms with E-state index in [9.17, 15) is 0 Å². The Morgan fingerprint density at radius 3 is 2.58 bits per heavy atom. The van der Waals surface area contributed by atoms with Crippen molar-refractivity contribution in [2.45, 2.75) is 38.5 Å². The first kappa shape index (κ1) is 7.77. The molecule has 1 aliphatic rings. The van der Waals surface area contributed by atoms with E-state index in [1.54, 1.807) is 0 Å². The number of rotatable bonds is 2. The largest absolute Gasteiger partial charge is 0.265 e. The highest BCUT2D eigenvalue weighted by Crippen LogP contribution is 2.47. The number of hydrogen-bond donors (Lipinski definition) is 1. The molecule has 2 rings (SSSR count). The van der Waals surface area contributed by atoms with E-state index in [0.29, 0.717) is 11.3 Å². The molecule has 1 heterocycles. The molecule has 0 atom stereocenters. The Hall–Kier alpha value is -0.860. The van der Waals surface area contributed by atoms with Crippen molar-refractivity contribution < 1.29 is 0 Å². The molecular formula is C9H15N3. The minimum absolute atomic E-state index is 0.340. The fourth-order valence-electron chi connectivity index (χ4n) is 2.13. The molecular weight excluding hydrogens is 150 g/mol. The maximum absolute atomic E-state index is 4.13. The van der Waals surface area contributed by atoms with Crippen molar-refractivity contribution in [1.29, 1.82) is 0 Å². The Kier molecular flexibility index (Phi) is 1.67. The van der Waals surface area contributed by atoms with Crippen molar-refractivity contribution in [1.82, 2.24) is 15.4 Å². The molecule has 1 fully saturated rings. The highest BCUT2D eigenvalue weighted by molar-refractivity contribution is 5.17. The molecule has 0 saturated heterocycles. The molecule has 0 bridgehead atoms. The van der Waals surface area contributed by atoms with Crippen LogP contribution in [0.15, 0.2) is 6.20 Å². The third-order valence-corrected chi connectivity index (χ3v) is 3.28. The zero-order chi connectivity index (χ0) is 8.60. The van der Waals surface area contributed by atoms with Crippen LogP contribution in [0.1, 0.15) is 38.8 Å². The van der Waals surface area contributed by atoms with Crippen LogP contribution in [0, 0.1) is 5.92 Å². The smallest absolute Gasteiger partial charge is 0.0888 e. The summed E-state index contributed by atoms with van der Waals surface area (Å²) >= 11 is 0. The van der Waals surface area contributed by atoms with Gasteiger partial charge in [0.1, 0.15) is 0 Å². The Labute approximate surface area is 72.6 Å². The van der Waals surface area contributed by atoms with Crippen molar-refractivity contribution in [3.05, 3.63) is 11.9 Å². The number of nitrogens with zero attached hydrogens (tertiary/aromatic N) is 2. The molecule has 0 aliphatic heterocycles. The van der Waals surface area contributed by atoms with Gasteiger partial charge >= 0.3 is 0 Å². The lowest BCUT2D eigenvalue weighted by Crippen LogP contribution is -2.39. The minimum atomic E-state index is 0.340. The molecule has 0 spiro atoms. The standard InChI is InChI=1S/C9H15N3/c1-7(2)9(4-3-5-9)8-6-10-12-11-8/h6-7H,3-5H2,1-2H3,(H,10,11,12). The summed E-state index contributed by atoms with van der Waals surface area (Å²) in [7, 11) is 0. The van der Waals surface area contributed by atoms with Crippen LogP contribution < -0.4 is 0 Å². The van der Waals surface area contributed by atoms with Crippen LogP contribution >= 0.6 is 0 Å². The summed E-state index contributed by atoms with van der Waals surface area (Å²) in [6.45, 7) is 4.54. The average molecular weight is 165 g/mol. The van der Waals surface area contributed by atoms with E-state index in [1.165, 1.54) is 19.3 Å². The van der Waals surface area contributed by atoms with Crippen LogP contribution in [0.3, 0.4) is 0 Å². The van der Waals surface area contributed by atoms with E-state index in [4.69, 9.17) is 0 Å². The normalized spacial score (nSPS) is 20.9. The molecule has 0 amide bonds. The monoisotopic (exact) mass is 165 g/mol. The van der Waals surface area contributed by atoms with E-state index in [1.807, 2.05) is 6.20 Å². The third kappa shape index (κ3) is 0.886. The Bertz CT molecular complexity index is 247. The van der Waals surface area contributed by atoms with Crippen molar-refractivity contribution in [3.8, 4) is 0 Å². The Morgan fingerprint density at radius 1 is 1.50 bits per heavy atom. The quantitative estimate of drug-likeness (QED) is 0.727. The molecule has 1 aliphatic carbocycles. The number of H-pyrrole nitrogens is 1. The molecule has 0 radical (unpaired) electrons. The van der Waals surface area contributed by atoms with E-state index in [2.05, 4.69) is 29.3 Å². The van der Waals surface area contributed by atoms with Gasteiger partial charge in [0, 0.05) is 11.6 Å². The first-order valence-corrected chi connectivity index (χ1v) is 4.63. The summed E-state index contributed by atoms with van der Waals surface area (Å²) < 4.78 is 0. The van der Waals surface area contributed by atoms with Crippen molar-refractivity contribution >= 4 is 0 Å². The van der Waals surface area contributed by atoms with Crippen LogP contribution in [0.4, 0.5) is 0 Å². The van der Waals surface area contributed by atoms with Gasteiger partial charge in [0.25, 0.3) is 0 Å². The van der Waals surface area contributed by atoms with Gasteiger partial charge in [-0.3, -0.25) is 5.10 Å². The summed E-state index contributed by atoms with van der Waals surface area (Å²) in [6.07, 6.45) is 5.83. The summed E-state index contributed by atoms with van der Waals surface area (Å²) in [6, 6.07) is 0. The van der Waals surface area contributed by atoms with E-state index >= 15 is 0 Å². The molecule has 12 heavy (non-hydrogen) atoms. The molecule has 66 valence electrons. The summed E-state index contributed by atoms with van der Waals surface area (Å²) in [5.41, 5.74) is 1.50. The molecule has 0 aromatic carbocycles. The fraction of sp³-hybridized carbons (Fsp3) is 0.778. The maximum atomic E-state index is 4.13. The number of aromatic nitrogens is 3. The minimum Gasteiger partial charge on any atom is -0.265 e. The Morgan fingerprint density at radius 2 is 2.25 bits per heavy atom. The van der Waals surface area contributed by atoms with Crippen LogP contribution in [-0.2, 0) is 5.41 Å². The maximum Gasteiger partial charge on any atom is 0.0888 e. The number of aromatic amines is 1. The molecule has 3 heteroatoms. The van der Waals surface area contributed by atoms with Crippen molar-refractivity contribution in [2.24, 2.45) is 5.92 Å². The summed E-state index contributed by atoms with van der Waals surface area (Å²) in [4.78, 5) is 0. The van der Waals surface area contributed by atoms with Crippen LogP contribution in [0.5, 0.6) is 0 Å². The molecule has 1 aromatic rings. The first-order chi connectivity index (χ1) is 5.76. The molecule has 0 unspecified atom stereocenters. The van der Waals surface area contributed by atoms with E-state index in [0.717, 1.165) is 5.69 Å². The van der Waals surface area contributed by atoms with Crippen LogP contribution in [-0.4, -0.2) is 15.4 Å². The SMILES string of the molecule is CC(C)C1(c2c[nH]nn2)CCC1.